The van der Waals surface area contributed by atoms with E-state index in [4.69, 9.17) is 9.97 Å². The van der Waals surface area contributed by atoms with Gasteiger partial charge in [-0.1, -0.05) is 66.4 Å². The molecule has 6 nitrogen and oxygen atoms in total. The molecular formula is C31H37N5OS. The van der Waals surface area contributed by atoms with Gasteiger partial charge in [0.1, 0.15) is 5.82 Å². The second kappa shape index (κ2) is 12.6. The molecule has 0 aliphatic carbocycles. The van der Waals surface area contributed by atoms with Gasteiger partial charge in [0.2, 0.25) is 0 Å². The maximum absolute atomic E-state index is 12.6. The SMILES string of the molecule is Cc1nc(SCc2ccc(C(=O)N3CCCC3)cc2)nc(N2CCN(C/C=C/c3ccccc3)CC2)c1C. The predicted octanol–water partition coefficient (Wildman–Crippen LogP) is 5.46. The second-order valence-corrected chi connectivity index (χ2v) is 11.1. The molecule has 1 amide bonds. The number of piperazine rings is 1. The predicted molar refractivity (Wildman–Crippen MR) is 157 cm³/mol. The Morgan fingerprint density at radius 1 is 0.895 bits per heavy atom. The summed E-state index contributed by atoms with van der Waals surface area (Å²) < 4.78 is 0. The molecule has 2 aliphatic rings. The number of aromatic nitrogens is 2. The Bertz CT molecular complexity index is 1250. The number of hydrogen-bond donors (Lipinski definition) is 0. The van der Waals surface area contributed by atoms with E-state index in [-0.39, 0.29) is 5.91 Å². The van der Waals surface area contributed by atoms with Crippen molar-refractivity contribution in [1.29, 1.82) is 0 Å². The lowest BCUT2D eigenvalue weighted by Crippen LogP contribution is -2.47. The molecule has 2 aliphatic heterocycles. The summed E-state index contributed by atoms with van der Waals surface area (Å²) in [5.74, 6) is 1.99. The van der Waals surface area contributed by atoms with Crippen molar-refractivity contribution in [2.75, 3.05) is 50.7 Å². The van der Waals surface area contributed by atoms with Gasteiger partial charge in [-0.25, -0.2) is 9.97 Å². The van der Waals surface area contributed by atoms with E-state index in [0.29, 0.717) is 0 Å². The van der Waals surface area contributed by atoms with Gasteiger partial charge >= 0.3 is 0 Å². The fourth-order valence-electron chi connectivity index (χ4n) is 5.00. The number of likely N-dealkylation sites (tertiary alicyclic amines) is 1. The second-order valence-electron chi connectivity index (χ2n) is 10.1. The Morgan fingerprint density at radius 3 is 2.32 bits per heavy atom. The van der Waals surface area contributed by atoms with Gasteiger partial charge in [0.25, 0.3) is 5.91 Å². The minimum Gasteiger partial charge on any atom is -0.354 e. The van der Waals surface area contributed by atoms with Crippen molar-refractivity contribution < 1.29 is 4.79 Å². The molecule has 3 heterocycles. The van der Waals surface area contributed by atoms with Gasteiger partial charge in [-0.15, -0.1) is 0 Å². The molecule has 3 aromatic rings. The summed E-state index contributed by atoms with van der Waals surface area (Å²) in [5.41, 5.74) is 5.40. The molecule has 2 fully saturated rings. The van der Waals surface area contributed by atoms with Gasteiger partial charge in [0.05, 0.1) is 0 Å². The highest BCUT2D eigenvalue weighted by molar-refractivity contribution is 7.98. The summed E-state index contributed by atoms with van der Waals surface area (Å²) in [6, 6.07) is 18.5. The van der Waals surface area contributed by atoms with Gasteiger partial charge in [-0.3, -0.25) is 9.69 Å². The third kappa shape index (κ3) is 6.63. The number of nitrogens with zero attached hydrogens (tertiary/aromatic N) is 5. The highest BCUT2D eigenvalue weighted by atomic mass is 32.2. The lowest BCUT2D eigenvalue weighted by Gasteiger charge is -2.35. The van der Waals surface area contributed by atoms with E-state index in [1.165, 1.54) is 11.1 Å². The van der Waals surface area contributed by atoms with Crippen molar-refractivity contribution in [3.63, 3.8) is 0 Å². The Labute approximate surface area is 230 Å². The number of carbonyl (C=O) groups excluding carboxylic acids is 1. The zero-order chi connectivity index (χ0) is 26.3. The summed E-state index contributed by atoms with van der Waals surface area (Å²) in [6.45, 7) is 10.9. The number of benzene rings is 2. The van der Waals surface area contributed by atoms with Crippen LogP contribution in [0.25, 0.3) is 6.08 Å². The fraction of sp³-hybridized carbons (Fsp3) is 0.387. The number of thioether (sulfide) groups is 1. The maximum Gasteiger partial charge on any atom is 0.253 e. The summed E-state index contributed by atoms with van der Waals surface area (Å²) in [5, 5.41) is 0.813. The molecule has 1 aromatic heterocycles. The molecule has 0 saturated carbocycles. The summed E-state index contributed by atoms with van der Waals surface area (Å²) in [7, 11) is 0. The van der Waals surface area contributed by atoms with E-state index in [1.807, 2.05) is 23.1 Å². The highest BCUT2D eigenvalue weighted by Crippen LogP contribution is 2.27. The van der Waals surface area contributed by atoms with Crippen LogP contribution >= 0.6 is 11.8 Å². The number of hydrogen-bond acceptors (Lipinski definition) is 6. The summed E-state index contributed by atoms with van der Waals surface area (Å²) in [6.07, 6.45) is 6.68. The monoisotopic (exact) mass is 527 g/mol. The van der Waals surface area contributed by atoms with Gasteiger partial charge in [0.15, 0.2) is 5.16 Å². The molecule has 0 N–H and O–H groups in total. The number of carbonyl (C=O) groups is 1. The lowest BCUT2D eigenvalue weighted by molar-refractivity contribution is 0.0793. The molecule has 7 heteroatoms. The molecule has 5 rings (SSSR count). The maximum atomic E-state index is 12.6. The molecule has 2 aromatic carbocycles. The van der Waals surface area contributed by atoms with Crippen LogP contribution in [0.4, 0.5) is 5.82 Å². The van der Waals surface area contributed by atoms with Crippen molar-refractivity contribution in [3.05, 3.63) is 88.6 Å². The van der Waals surface area contributed by atoms with Gasteiger partial charge in [-0.05, 0) is 49.9 Å². The Morgan fingerprint density at radius 2 is 1.61 bits per heavy atom. The van der Waals surface area contributed by atoms with Crippen molar-refractivity contribution in [2.45, 2.75) is 37.6 Å². The van der Waals surface area contributed by atoms with Crippen LogP contribution in [-0.4, -0.2) is 71.5 Å². The van der Waals surface area contributed by atoms with E-state index in [9.17, 15) is 4.79 Å². The van der Waals surface area contributed by atoms with Crippen LogP contribution in [0.2, 0.25) is 0 Å². The largest absolute Gasteiger partial charge is 0.354 e. The third-order valence-corrected chi connectivity index (χ3v) is 8.37. The number of amides is 1. The zero-order valence-corrected chi connectivity index (χ0v) is 23.3. The number of rotatable bonds is 8. The van der Waals surface area contributed by atoms with Crippen molar-refractivity contribution in [1.82, 2.24) is 19.8 Å². The highest BCUT2D eigenvalue weighted by Gasteiger charge is 2.21. The van der Waals surface area contributed by atoms with E-state index in [0.717, 1.165) is 92.2 Å². The van der Waals surface area contributed by atoms with Crippen LogP contribution in [0.15, 0.2) is 65.8 Å². The zero-order valence-electron chi connectivity index (χ0n) is 22.5. The minimum absolute atomic E-state index is 0.149. The molecule has 0 unspecified atom stereocenters. The first kappa shape index (κ1) is 26.4. The Balaban J connectivity index is 1.16. The third-order valence-electron chi connectivity index (χ3n) is 7.45. The summed E-state index contributed by atoms with van der Waals surface area (Å²) in [4.78, 5) is 29.2. The summed E-state index contributed by atoms with van der Waals surface area (Å²) >= 11 is 1.66. The van der Waals surface area contributed by atoms with Crippen LogP contribution < -0.4 is 4.90 Å². The van der Waals surface area contributed by atoms with Gasteiger partial charge < -0.3 is 9.80 Å². The Hall–Kier alpha value is -3.16. The van der Waals surface area contributed by atoms with Crippen LogP contribution in [-0.2, 0) is 5.75 Å². The number of aryl methyl sites for hydroxylation is 1. The lowest BCUT2D eigenvalue weighted by atomic mass is 10.1. The van der Waals surface area contributed by atoms with Crippen molar-refractivity contribution in [2.24, 2.45) is 0 Å². The van der Waals surface area contributed by atoms with Crippen molar-refractivity contribution >= 4 is 29.6 Å². The molecule has 0 radical (unpaired) electrons. The van der Waals surface area contributed by atoms with Crippen LogP contribution in [0.5, 0.6) is 0 Å². The van der Waals surface area contributed by atoms with Crippen LogP contribution in [0, 0.1) is 13.8 Å². The van der Waals surface area contributed by atoms with E-state index in [1.54, 1.807) is 11.8 Å². The van der Waals surface area contributed by atoms with E-state index in [2.05, 4.69) is 72.2 Å². The molecule has 198 valence electrons. The molecule has 38 heavy (non-hydrogen) atoms. The standard InChI is InChI=1S/C31H37N5OS/c1-24-25(2)32-31(38-23-27-12-14-28(15-13-27)30(37)36-17-6-7-18-36)33-29(24)35-21-19-34(20-22-35)16-8-11-26-9-4-3-5-10-26/h3-5,8-15H,6-7,16-23H2,1-2H3/b11-8+. The minimum atomic E-state index is 0.149. The molecule has 0 atom stereocenters. The van der Waals surface area contributed by atoms with Crippen LogP contribution in [0.3, 0.4) is 0 Å². The smallest absolute Gasteiger partial charge is 0.253 e. The fourth-order valence-corrected chi connectivity index (χ4v) is 5.84. The average molecular weight is 528 g/mol. The van der Waals surface area contributed by atoms with Gasteiger partial charge in [-0.2, -0.15) is 0 Å². The quantitative estimate of drug-likeness (QED) is 0.287. The van der Waals surface area contributed by atoms with E-state index < -0.39 is 0 Å². The normalized spacial score (nSPS) is 16.5. The number of anilines is 1. The Kier molecular flexibility index (Phi) is 8.76. The molecule has 0 spiro atoms. The van der Waals surface area contributed by atoms with Crippen LogP contribution in [0.1, 0.15) is 45.6 Å². The first-order chi connectivity index (χ1) is 18.6. The average Bonchev–Trinajstić information content (AvgIpc) is 3.50. The van der Waals surface area contributed by atoms with Crippen molar-refractivity contribution in [3.8, 4) is 0 Å². The van der Waals surface area contributed by atoms with E-state index >= 15 is 0 Å². The van der Waals surface area contributed by atoms with Gasteiger partial charge in [0, 0.05) is 68.4 Å². The molecule has 2 saturated heterocycles. The molecular weight excluding hydrogens is 490 g/mol. The topological polar surface area (TPSA) is 52.6 Å². The first-order valence-electron chi connectivity index (χ1n) is 13.6. The first-order valence-corrected chi connectivity index (χ1v) is 14.6. The molecule has 0 bridgehead atoms.